The van der Waals surface area contributed by atoms with E-state index in [0.29, 0.717) is 13.0 Å². The minimum atomic E-state index is 0.00813. The van der Waals surface area contributed by atoms with E-state index in [1.807, 2.05) is 35.2 Å². The van der Waals surface area contributed by atoms with E-state index in [1.165, 1.54) is 0 Å². The highest BCUT2D eigenvalue weighted by molar-refractivity contribution is 5.76. The Balaban J connectivity index is 1.75. The molecule has 0 aromatic heterocycles. The first kappa shape index (κ1) is 13.9. The van der Waals surface area contributed by atoms with Gasteiger partial charge in [-0.15, -0.1) is 0 Å². The van der Waals surface area contributed by atoms with E-state index >= 15 is 0 Å². The zero-order valence-electron chi connectivity index (χ0n) is 11.7. The molecule has 4 nitrogen and oxygen atoms in total. The van der Waals surface area contributed by atoms with Gasteiger partial charge in [-0.25, -0.2) is 0 Å². The zero-order valence-corrected chi connectivity index (χ0v) is 11.7. The number of amides is 1. The van der Waals surface area contributed by atoms with Crippen LogP contribution in [-0.2, 0) is 4.79 Å². The number of nitrogens with zero attached hydrogens (tertiary/aromatic N) is 1. The molecule has 1 aromatic carbocycles. The average molecular weight is 262 g/mol. The predicted octanol–water partition coefficient (Wildman–Crippen LogP) is 1.67. The van der Waals surface area contributed by atoms with Gasteiger partial charge in [0, 0.05) is 25.2 Å². The summed E-state index contributed by atoms with van der Waals surface area (Å²) in [6.07, 6.45) is 0.435. The fourth-order valence-corrected chi connectivity index (χ4v) is 2.29. The summed E-state index contributed by atoms with van der Waals surface area (Å²) >= 11 is 0. The van der Waals surface area contributed by atoms with Crippen LogP contribution in [0.1, 0.15) is 20.3 Å². The minimum Gasteiger partial charge on any atom is -0.493 e. The van der Waals surface area contributed by atoms with E-state index in [9.17, 15) is 4.79 Å². The molecule has 4 heteroatoms. The van der Waals surface area contributed by atoms with Crippen LogP contribution in [0.5, 0.6) is 5.75 Å². The second kappa shape index (κ2) is 6.06. The molecule has 1 saturated heterocycles. The van der Waals surface area contributed by atoms with Gasteiger partial charge in [0.15, 0.2) is 0 Å². The lowest BCUT2D eigenvalue weighted by Gasteiger charge is -2.39. The zero-order chi connectivity index (χ0) is 13.7. The Morgan fingerprint density at radius 2 is 2.11 bits per heavy atom. The Hall–Kier alpha value is -1.55. The molecule has 1 N–H and O–H groups in total. The van der Waals surface area contributed by atoms with Gasteiger partial charge in [-0.3, -0.25) is 4.79 Å². The van der Waals surface area contributed by atoms with Crippen molar-refractivity contribution in [2.75, 3.05) is 26.2 Å². The van der Waals surface area contributed by atoms with Crippen molar-refractivity contribution in [3.05, 3.63) is 30.3 Å². The topological polar surface area (TPSA) is 41.6 Å². The summed E-state index contributed by atoms with van der Waals surface area (Å²) in [6.45, 7) is 7.08. The highest BCUT2D eigenvalue weighted by Crippen LogP contribution is 2.12. The summed E-state index contributed by atoms with van der Waals surface area (Å²) in [7, 11) is 0. The van der Waals surface area contributed by atoms with E-state index in [2.05, 4.69) is 19.2 Å². The molecular formula is C15H22N2O2. The molecule has 19 heavy (non-hydrogen) atoms. The molecule has 0 bridgehead atoms. The fourth-order valence-electron chi connectivity index (χ4n) is 2.29. The molecule has 1 fully saturated rings. The van der Waals surface area contributed by atoms with E-state index in [0.717, 1.165) is 25.4 Å². The molecule has 2 rings (SSSR count). The third-order valence-electron chi connectivity index (χ3n) is 3.25. The Morgan fingerprint density at radius 3 is 2.79 bits per heavy atom. The first-order valence-corrected chi connectivity index (χ1v) is 6.77. The van der Waals surface area contributed by atoms with Gasteiger partial charge in [-0.2, -0.15) is 0 Å². The van der Waals surface area contributed by atoms with E-state index < -0.39 is 0 Å². The summed E-state index contributed by atoms with van der Waals surface area (Å²) in [6, 6.07) is 9.60. The van der Waals surface area contributed by atoms with Crippen LogP contribution in [0.2, 0.25) is 0 Å². The predicted molar refractivity (Wildman–Crippen MR) is 75.2 cm³/mol. The fraction of sp³-hybridized carbons (Fsp3) is 0.533. The normalized spacial score (nSPS) is 18.1. The van der Waals surface area contributed by atoms with Crippen LogP contribution in [0.4, 0.5) is 0 Å². The van der Waals surface area contributed by atoms with Crippen molar-refractivity contribution in [1.82, 2.24) is 10.2 Å². The van der Waals surface area contributed by atoms with Crippen molar-refractivity contribution in [1.29, 1.82) is 0 Å². The molecule has 1 aliphatic heterocycles. The van der Waals surface area contributed by atoms with Gasteiger partial charge >= 0.3 is 0 Å². The van der Waals surface area contributed by atoms with Crippen molar-refractivity contribution in [2.24, 2.45) is 0 Å². The molecule has 0 atom stereocenters. The van der Waals surface area contributed by atoms with E-state index in [4.69, 9.17) is 4.74 Å². The van der Waals surface area contributed by atoms with Crippen molar-refractivity contribution in [3.63, 3.8) is 0 Å². The number of benzene rings is 1. The smallest absolute Gasteiger partial charge is 0.226 e. The van der Waals surface area contributed by atoms with Gasteiger partial charge in [0.25, 0.3) is 0 Å². The molecule has 104 valence electrons. The standard InChI is InChI=1S/C15H22N2O2/c1-15(2)12-17(10-9-16-15)14(18)8-11-19-13-6-4-3-5-7-13/h3-7,16H,8-12H2,1-2H3. The van der Waals surface area contributed by atoms with Crippen molar-refractivity contribution >= 4 is 5.91 Å². The highest BCUT2D eigenvalue weighted by Gasteiger charge is 2.28. The maximum Gasteiger partial charge on any atom is 0.226 e. The van der Waals surface area contributed by atoms with Crippen molar-refractivity contribution in [3.8, 4) is 5.75 Å². The number of hydrogen-bond acceptors (Lipinski definition) is 3. The molecule has 0 radical (unpaired) electrons. The number of para-hydroxylation sites is 1. The number of rotatable bonds is 4. The van der Waals surface area contributed by atoms with Gasteiger partial charge in [0.2, 0.25) is 5.91 Å². The SMILES string of the molecule is CC1(C)CN(C(=O)CCOc2ccccc2)CCN1. The molecule has 1 aliphatic rings. The Labute approximate surface area is 114 Å². The third kappa shape index (κ3) is 4.24. The summed E-state index contributed by atoms with van der Waals surface area (Å²) in [5.41, 5.74) is 0.00813. The number of carbonyl (C=O) groups excluding carboxylic acids is 1. The molecule has 0 unspecified atom stereocenters. The first-order valence-electron chi connectivity index (χ1n) is 6.77. The maximum absolute atomic E-state index is 12.1. The van der Waals surface area contributed by atoms with Crippen LogP contribution in [0, 0.1) is 0 Å². The number of nitrogens with one attached hydrogen (secondary N) is 1. The van der Waals surface area contributed by atoms with Crippen molar-refractivity contribution < 1.29 is 9.53 Å². The van der Waals surface area contributed by atoms with Crippen LogP contribution in [0.15, 0.2) is 30.3 Å². The number of ether oxygens (including phenoxy) is 1. The van der Waals surface area contributed by atoms with Crippen LogP contribution in [0.3, 0.4) is 0 Å². The molecular weight excluding hydrogens is 240 g/mol. The maximum atomic E-state index is 12.1. The Kier molecular flexibility index (Phi) is 4.43. The van der Waals surface area contributed by atoms with Gasteiger partial charge < -0.3 is 15.0 Å². The number of piperazine rings is 1. The molecule has 1 heterocycles. The lowest BCUT2D eigenvalue weighted by Crippen LogP contribution is -2.58. The summed E-state index contributed by atoms with van der Waals surface area (Å²) in [4.78, 5) is 14.0. The van der Waals surface area contributed by atoms with Gasteiger partial charge in [-0.1, -0.05) is 18.2 Å². The quantitative estimate of drug-likeness (QED) is 0.897. The van der Waals surface area contributed by atoms with Crippen LogP contribution in [-0.4, -0.2) is 42.6 Å². The summed E-state index contributed by atoms with van der Waals surface area (Å²) in [5.74, 6) is 0.987. The van der Waals surface area contributed by atoms with Crippen LogP contribution < -0.4 is 10.1 Å². The number of carbonyl (C=O) groups is 1. The molecule has 0 aliphatic carbocycles. The molecule has 0 spiro atoms. The summed E-state index contributed by atoms with van der Waals surface area (Å²) < 4.78 is 5.56. The largest absolute Gasteiger partial charge is 0.493 e. The van der Waals surface area contributed by atoms with Gasteiger partial charge in [-0.05, 0) is 26.0 Å². The molecule has 0 saturated carbocycles. The molecule has 1 amide bonds. The second-order valence-electron chi connectivity index (χ2n) is 5.54. The van der Waals surface area contributed by atoms with E-state index in [-0.39, 0.29) is 11.4 Å². The van der Waals surface area contributed by atoms with Gasteiger partial charge in [0.05, 0.1) is 13.0 Å². The van der Waals surface area contributed by atoms with Crippen LogP contribution in [0.25, 0.3) is 0 Å². The highest BCUT2D eigenvalue weighted by atomic mass is 16.5. The van der Waals surface area contributed by atoms with Crippen LogP contribution >= 0.6 is 0 Å². The first-order chi connectivity index (χ1) is 9.07. The van der Waals surface area contributed by atoms with Gasteiger partial charge in [0.1, 0.15) is 5.75 Å². The molecule has 1 aromatic rings. The second-order valence-corrected chi connectivity index (χ2v) is 5.54. The lowest BCUT2D eigenvalue weighted by molar-refractivity contribution is -0.133. The minimum absolute atomic E-state index is 0.00813. The Morgan fingerprint density at radius 1 is 1.37 bits per heavy atom. The van der Waals surface area contributed by atoms with Crippen molar-refractivity contribution in [2.45, 2.75) is 25.8 Å². The lowest BCUT2D eigenvalue weighted by atomic mass is 10.0. The third-order valence-corrected chi connectivity index (χ3v) is 3.25. The average Bonchev–Trinajstić information content (AvgIpc) is 2.38. The number of hydrogen-bond donors (Lipinski definition) is 1. The monoisotopic (exact) mass is 262 g/mol. The summed E-state index contributed by atoms with van der Waals surface area (Å²) in [5, 5.41) is 3.40. The Bertz CT molecular complexity index is 417. The van der Waals surface area contributed by atoms with E-state index in [1.54, 1.807) is 0 Å².